The van der Waals surface area contributed by atoms with Crippen molar-refractivity contribution in [2.75, 3.05) is 26.3 Å². The van der Waals surface area contributed by atoms with Crippen molar-refractivity contribution in [3.8, 4) is 0 Å². The second-order valence-corrected chi connectivity index (χ2v) is 2.94. The van der Waals surface area contributed by atoms with Gasteiger partial charge in [-0.05, 0) is 12.5 Å². The van der Waals surface area contributed by atoms with Crippen LogP contribution in [-0.2, 0) is 9.53 Å². The maximum atomic E-state index is 11.3. The number of carbonyl (C=O) groups excluding carboxylic acids is 1. The fraction of sp³-hybridized carbons (Fsp3) is 0.417. The lowest BCUT2D eigenvalue weighted by Crippen LogP contribution is -2.42. The monoisotopic (exact) mass is 209 g/mol. The third-order valence-corrected chi connectivity index (χ3v) is 2.09. The van der Waals surface area contributed by atoms with Gasteiger partial charge in [-0.2, -0.15) is 0 Å². The molecule has 1 fully saturated rings. The van der Waals surface area contributed by atoms with Crippen LogP contribution in [0.3, 0.4) is 0 Å². The number of nitrogens with zero attached hydrogens (tertiary/aromatic N) is 1. The summed E-state index contributed by atoms with van der Waals surface area (Å²) >= 11 is 0. The van der Waals surface area contributed by atoms with Crippen LogP contribution in [0.1, 0.15) is 6.92 Å². The second-order valence-electron chi connectivity index (χ2n) is 2.94. The van der Waals surface area contributed by atoms with Gasteiger partial charge in [0.1, 0.15) is 6.61 Å². The van der Waals surface area contributed by atoms with Crippen LogP contribution in [0.5, 0.6) is 0 Å². The Labute approximate surface area is 91.7 Å². The zero-order valence-electron chi connectivity index (χ0n) is 9.37. The Bertz CT molecular complexity index is 246. The van der Waals surface area contributed by atoms with Gasteiger partial charge < -0.3 is 9.64 Å². The van der Waals surface area contributed by atoms with Crippen LogP contribution in [0.25, 0.3) is 0 Å². The topological polar surface area (TPSA) is 29.5 Å². The summed E-state index contributed by atoms with van der Waals surface area (Å²) in [4.78, 5) is 13.1. The van der Waals surface area contributed by atoms with Crippen LogP contribution >= 0.6 is 0 Å². The van der Waals surface area contributed by atoms with Crippen molar-refractivity contribution in [3.63, 3.8) is 0 Å². The summed E-state index contributed by atoms with van der Waals surface area (Å²) < 4.78 is 5.02. The smallest absolute Gasteiger partial charge is 0.248 e. The SMILES string of the molecule is C=C.C=C/C(=C\C)CN1CCOCC1=O. The van der Waals surface area contributed by atoms with E-state index in [0.29, 0.717) is 19.7 Å². The predicted octanol–water partition coefficient (Wildman–Crippen LogP) is 1.78. The highest BCUT2D eigenvalue weighted by molar-refractivity contribution is 5.78. The van der Waals surface area contributed by atoms with Crippen molar-refractivity contribution in [1.82, 2.24) is 4.90 Å². The molecule has 84 valence electrons. The highest BCUT2D eigenvalue weighted by Crippen LogP contribution is 2.04. The van der Waals surface area contributed by atoms with E-state index in [-0.39, 0.29) is 12.5 Å². The summed E-state index contributed by atoms with van der Waals surface area (Å²) in [5, 5.41) is 0. The van der Waals surface area contributed by atoms with Crippen LogP contribution in [-0.4, -0.2) is 37.1 Å². The van der Waals surface area contributed by atoms with Crippen LogP contribution in [0, 0.1) is 0 Å². The number of hydrogen-bond acceptors (Lipinski definition) is 2. The minimum Gasteiger partial charge on any atom is -0.370 e. The van der Waals surface area contributed by atoms with Crippen LogP contribution < -0.4 is 0 Å². The van der Waals surface area contributed by atoms with E-state index in [0.717, 1.165) is 5.57 Å². The van der Waals surface area contributed by atoms with E-state index in [1.165, 1.54) is 0 Å². The quantitative estimate of drug-likeness (QED) is 0.524. The van der Waals surface area contributed by atoms with E-state index < -0.39 is 0 Å². The normalized spacial score (nSPS) is 16.7. The standard InChI is InChI=1S/C10H15NO2.C2H4/c1-3-9(4-2)7-11-5-6-13-8-10(11)12;1-2/h3-4H,1,5-8H2,2H3;1-2H2/b9-4+;. The molecule has 0 aromatic rings. The van der Waals surface area contributed by atoms with Crippen molar-refractivity contribution in [3.05, 3.63) is 37.5 Å². The average Bonchev–Trinajstić information content (AvgIpc) is 2.31. The molecule has 0 N–H and O–H groups in total. The van der Waals surface area contributed by atoms with E-state index in [1.807, 2.05) is 13.0 Å². The molecule has 1 heterocycles. The molecule has 3 nitrogen and oxygen atoms in total. The van der Waals surface area contributed by atoms with Gasteiger partial charge in [-0.3, -0.25) is 4.79 Å². The third-order valence-electron chi connectivity index (χ3n) is 2.09. The largest absolute Gasteiger partial charge is 0.370 e. The van der Waals surface area contributed by atoms with Crippen LogP contribution in [0.15, 0.2) is 37.5 Å². The van der Waals surface area contributed by atoms with E-state index >= 15 is 0 Å². The molecule has 0 aromatic carbocycles. The molecule has 1 aliphatic heterocycles. The van der Waals surface area contributed by atoms with Gasteiger partial charge in [0.15, 0.2) is 0 Å². The van der Waals surface area contributed by atoms with Gasteiger partial charge in [-0.15, -0.1) is 13.2 Å². The fourth-order valence-corrected chi connectivity index (χ4v) is 1.21. The molecule has 0 bridgehead atoms. The Kier molecular flexibility index (Phi) is 7.28. The molecule has 1 rings (SSSR count). The van der Waals surface area contributed by atoms with Gasteiger partial charge in [0.05, 0.1) is 6.61 Å². The summed E-state index contributed by atoms with van der Waals surface area (Å²) in [6.45, 7) is 13.8. The van der Waals surface area contributed by atoms with Gasteiger partial charge in [-0.1, -0.05) is 18.7 Å². The lowest BCUT2D eigenvalue weighted by molar-refractivity contribution is -0.141. The maximum absolute atomic E-state index is 11.3. The molecule has 0 aliphatic carbocycles. The first-order valence-corrected chi connectivity index (χ1v) is 4.91. The third kappa shape index (κ3) is 4.61. The molecule has 3 heteroatoms. The Morgan fingerprint density at radius 2 is 2.27 bits per heavy atom. The Hall–Kier alpha value is -1.35. The lowest BCUT2D eigenvalue weighted by atomic mass is 10.2. The Morgan fingerprint density at radius 3 is 2.73 bits per heavy atom. The Morgan fingerprint density at radius 1 is 1.60 bits per heavy atom. The zero-order valence-corrected chi connectivity index (χ0v) is 9.37. The molecular weight excluding hydrogens is 190 g/mol. The van der Waals surface area contributed by atoms with Crippen molar-refractivity contribution < 1.29 is 9.53 Å². The first-order valence-electron chi connectivity index (χ1n) is 4.91. The number of hydrogen-bond donors (Lipinski definition) is 0. The number of allylic oxidation sites excluding steroid dienone is 1. The van der Waals surface area contributed by atoms with Gasteiger partial charge >= 0.3 is 0 Å². The van der Waals surface area contributed by atoms with E-state index in [2.05, 4.69) is 19.7 Å². The molecular formula is C12H19NO2. The first kappa shape index (κ1) is 13.7. The molecule has 0 spiro atoms. The minimum atomic E-state index is 0.0625. The lowest BCUT2D eigenvalue weighted by Gasteiger charge is -2.27. The van der Waals surface area contributed by atoms with E-state index in [1.54, 1.807) is 11.0 Å². The van der Waals surface area contributed by atoms with E-state index in [9.17, 15) is 4.79 Å². The predicted molar refractivity (Wildman–Crippen MR) is 62.6 cm³/mol. The van der Waals surface area contributed by atoms with Crippen LogP contribution in [0.2, 0.25) is 0 Å². The highest BCUT2D eigenvalue weighted by Gasteiger charge is 2.18. The van der Waals surface area contributed by atoms with Gasteiger partial charge in [-0.25, -0.2) is 0 Å². The number of ether oxygens (including phenoxy) is 1. The number of carbonyl (C=O) groups is 1. The molecule has 1 aliphatic rings. The van der Waals surface area contributed by atoms with Gasteiger partial charge in [0.25, 0.3) is 0 Å². The van der Waals surface area contributed by atoms with Gasteiger partial charge in [0, 0.05) is 13.1 Å². The van der Waals surface area contributed by atoms with Crippen LogP contribution in [0.4, 0.5) is 0 Å². The molecule has 15 heavy (non-hydrogen) atoms. The summed E-state index contributed by atoms with van der Waals surface area (Å²) in [7, 11) is 0. The molecule has 1 amide bonds. The zero-order chi connectivity index (χ0) is 11.7. The number of morpholine rings is 1. The second kappa shape index (κ2) is 8.00. The summed E-state index contributed by atoms with van der Waals surface area (Å²) in [6.07, 6.45) is 3.75. The molecule has 1 saturated heterocycles. The molecule has 0 radical (unpaired) electrons. The highest BCUT2D eigenvalue weighted by atomic mass is 16.5. The first-order chi connectivity index (χ1) is 7.27. The number of amides is 1. The molecule has 0 saturated carbocycles. The summed E-state index contributed by atoms with van der Waals surface area (Å²) in [5.74, 6) is 0.0625. The van der Waals surface area contributed by atoms with Crippen molar-refractivity contribution in [2.45, 2.75) is 6.92 Å². The summed E-state index contributed by atoms with van der Waals surface area (Å²) in [6, 6.07) is 0. The minimum absolute atomic E-state index is 0.0625. The molecule has 0 unspecified atom stereocenters. The summed E-state index contributed by atoms with van der Waals surface area (Å²) in [5.41, 5.74) is 1.08. The average molecular weight is 209 g/mol. The van der Waals surface area contributed by atoms with Crippen molar-refractivity contribution in [2.24, 2.45) is 0 Å². The van der Waals surface area contributed by atoms with Gasteiger partial charge in [0.2, 0.25) is 5.91 Å². The molecule has 0 atom stereocenters. The maximum Gasteiger partial charge on any atom is 0.248 e. The molecule has 0 aromatic heterocycles. The number of rotatable bonds is 3. The Balaban J connectivity index is 0.000000921. The van der Waals surface area contributed by atoms with Crippen molar-refractivity contribution >= 4 is 5.91 Å². The van der Waals surface area contributed by atoms with E-state index in [4.69, 9.17) is 4.74 Å². The van der Waals surface area contributed by atoms with Crippen molar-refractivity contribution in [1.29, 1.82) is 0 Å². The fourth-order valence-electron chi connectivity index (χ4n) is 1.21.